The molecule has 0 aliphatic carbocycles. The molecule has 7 heteroatoms. The van der Waals surface area contributed by atoms with Crippen molar-refractivity contribution in [1.29, 1.82) is 0 Å². The fourth-order valence-corrected chi connectivity index (χ4v) is 2.68. The van der Waals surface area contributed by atoms with Gasteiger partial charge in [0.05, 0.1) is 11.4 Å². The van der Waals surface area contributed by atoms with Crippen molar-refractivity contribution in [3.05, 3.63) is 24.3 Å². The van der Waals surface area contributed by atoms with Gasteiger partial charge in [-0.3, -0.25) is 9.69 Å². The second-order valence-electron chi connectivity index (χ2n) is 5.60. The molecule has 0 aliphatic heterocycles. The Labute approximate surface area is 139 Å². The van der Waals surface area contributed by atoms with Gasteiger partial charge >= 0.3 is 0 Å². The second-order valence-corrected chi connectivity index (χ2v) is 7.16. The fourth-order valence-electron chi connectivity index (χ4n) is 2.16. The topological polar surface area (TPSA) is 92.5 Å². The Morgan fingerprint density at radius 3 is 2.04 bits per heavy atom. The zero-order valence-electron chi connectivity index (χ0n) is 13.9. The third-order valence-corrected chi connectivity index (χ3v) is 4.42. The molecule has 1 aromatic rings. The van der Waals surface area contributed by atoms with Gasteiger partial charge in [0.25, 0.3) is 0 Å². The van der Waals surface area contributed by atoms with Crippen molar-refractivity contribution in [1.82, 2.24) is 4.90 Å². The average Bonchev–Trinajstić information content (AvgIpc) is 2.49. The number of nitrogens with two attached hydrogens (primary N) is 1. The first-order valence-electron chi connectivity index (χ1n) is 8.02. The zero-order chi connectivity index (χ0) is 17.3. The van der Waals surface area contributed by atoms with Gasteiger partial charge in [0.2, 0.25) is 15.9 Å². The van der Waals surface area contributed by atoms with Crippen molar-refractivity contribution in [3.63, 3.8) is 0 Å². The van der Waals surface area contributed by atoms with Crippen LogP contribution in [0.25, 0.3) is 0 Å². The third kappa shape index (κ3) is 7.58. The van der Waals surface area contributed by atoms with E-state index in [2.05, 4.69) is 24.1 Å². The van der Waals surface area contributed by atoms with Gasteiger partial charge in [0.15, 0.2) is 0 Å². The van der Waals surface area contributed by atoms with E-state index in [1.54, 1.807) is 12.1 Å². The third-order valence-electron chi connectivity index (χ3n) is 3.49. The number of carbonyl (C=O) groups excluding carboxylic acids is 1. The van der Waals surface area contributed by atoms with E-state index in [1.165, 1.54) is 12.1 Å². The van der Waals surface area contributed by atoms with Crippen molar-refractivity contribution in [2.24, 2.45) is 5.14 Å². The van der Waals surface area contributed by atoms with Gasteiger partial charge in [-0.25, -0.2) is 13.6 Å². The number of nitrogens with one attached hydrogen (secondary N) is 1. The molecule has 1 amide bonds. The smallest absolute Gasteiger partial charge is 0.238 e. The molecule has 1 rings (SSSR count). The van der Waals surface area contributed by atoms with Crippen molar-refractivity contribution in [2.75, 3.05) is 25.0 Å². The number of hydrogen-bond donors (Lipinski definition) is 2. The van der Waals surface area contributed by atoms with Crippen LogP contribution in [0.3, 0.4) is 0 Å². The molecule has 23 heavy (non-hydrogen) atoms. The van der Waals surface area contributed by atoms with E-state index in [-0.39, 0.29) is 10.8 Å². The lowest BCUT2D eigenvalue weighted by Crippen LogP contribution is -2.34. The van der Waals surface area contributed by atoms with E-state index in [1.807, 2.05) is 0 Å². The summed E-state index contributed by atoms with van der Waals surface area (Å²) in [5.41, 5.74) is 0.563. The number of rotatable bonds is 10. The number of anilines is 1. The van der Waals surface area contributed by atoms with Gasteiger partial charge in [0, 0.05) is 5.69 Å². The summed E-state index contributed by atoms with van der Waals surface area (Å²) < 4.78 is 22.4. The first-order chi connectivity index (χ1) is 10.9. The monoisotopic (exact) mass is 341 g/mol. The number of nitrogens with zero attached hydrogens (tertiary/aromatic N) is 1. The highest BCUT2D eigenvalue weighted by atomic mass is 32.2. The highest BCUT2D eigenvalue weighted by Crippen LogP contribution is 2.12. The molecular formula is C16H27N3O3S. The van der Waals surface area contributed by atoms with E-state index < -0.39 is 10.0 Å². The zero-order valence-corrected chi connectivity index (χ0v) is 14.7. The minimum absolute atomic E-state index is 0.0306. The Bertz CT molecular complexity index is 577. The predicted octanol–water partition coefficient (Wildman–Crippen LogP) is 2.17. The summed E-state index contributed by atoms with van der Waals surface area (Å²) in [7, 11) is -3.71. The maximum absolute atomic E-state index is 12.1. The summed E-state index contributed by atoms with van der Waals surface area (Å²) in [6.07, 6.45) is 4.33. The molecule has 0 saturated heterocycles. The van der Waals surface area contributed by atoms with Crippen LogP contribution in [-0.2, 0) is 14.8 Å². The maximum atomic E-state index is 12.1. The van der Waals surface area contributed by atoms with Crippen molar-refractivity contribution >= 4 is 21.6 Å². The number of benzene rings is 1. The lowest BCUT2D eigenvalue weighted by molar-refractivity contribution is -0.117. The number of amides is 1. The molecule has 0 aliphatic rings. The van der Waals surface area contributed by atoms with E-state index in [0.717, 1.165) is 38.8 Å². The number of sulfonamides is 1. The summed E-state index contributed by atoms with van der Waals surface area (Å²) in [6, 6.07) is 5.86. The molecule has 0 bridgehead atoms. The molecule has 0 aromatic heterocycles. The highest BCUT2D eigenvalue weighted by Gasteiger charge is 2.11. The van der Waals surface area contributed by atoms with Gasteiger partial charge in [-0.2, -0.15) is 0 Å². The van der Waals surface area contributed by atoms with E-state index >= 15 is 0 Å². The molecule has 0 unspecified atom stereocenters. The largest absolute Gasteiger partial charge is 0.325 e. The Balaban J connectivity index is 2.59. The molecular weight excluding hydrogens is 314 g/mol. The second kappa shape index (κ2) is 9.64. The number of primary sulfonamides is 1. The minimum Gasteiger partial charge on any atom is -0.325 e. The number of carbonyl (C=O) groups is 1. The van der Waals surface area contributed by atoms with Crippen molar-refractivity contribution < 1.29 is 13.2 Å². The first kappa shape index (κ1) is 19.6. The number of hydrogen-bond acceptors (Lipinski definition) is 4. The first-order valence-corrected chi connectivity index (χ1v) is 9.56. The quantitative estimate of drug-likeness (QED) is 0.682. The summed E-state index contributed by atoms with van der Waals surface area (Å²) in [6.45, 7) is 6.43. The average molecular weight is 341 g/mol. The lowest BCUT2D eigenvalue weighted by atomic mass is 10.2. The molecule has 1 aromatic carbocycles. The Hall–Kier alpha value is -1.44. The molecule has 0 heterocycles. The van der Waals surface area contributed by atoms with E-state index in [9.17, 15) is 13.2 Å². The van der Waals surface area contributed by atoms with Crippen LogP contribution in [0.2, 0.25) is 0 Å². The summed E-state index contributed by atoms with van der Waals surface area (Å²) in [4.78, 5) is 14.3. The lowest BCUT2D eigenvalue weighted by Gasteiger charge is -2.21. The molecule has 3 N–H and O–H groups in total. The van der Waals surface area contributed by atoms with E-state index in [4.69, 9.17) is 5.14 Å². The number of unbranched alkanes of at least 4 members (excludes halogenated alkanes) is 2. The molecule has 0 spiro atoms. The van der Waals surface area contributed by atoms with Gasteiger partial charge < -0.3 is 5.32 Å². The van der Waals surface area contributed by atoms with Crippen LogP contribution in [-0.4, -0.2) is 38.9 Å². The van der Waals surface area contributed by atoms with Gasteiger partial charge in [0.1, 0.15) is 0 Å². The molecule has 130 valence electrons. The molecule has 0 fully saturated rings. The molecule has 0 radical (unpaired) electrons. The van der Waals surface area contributed by atoms with Crippen LogP contribution in [0.4, 0.5) is 5.69 Å². The predicted molar refractivity (Wildman–Crippen MR) is 92.7 cm³/mol. The maximum Gasteiger partial charge on any atom is 0.238 e. The highest BCUT2D eigenvalue weighted by molar-refractivity contribution is 7.89. The SMILES string of the molecule is CCCCN(CCCC)CC(=O)Nc1ccc(S(N)(=O)=O)cc1. The Kier molecular flexibility index (Phi) is 8.22. The van der Waals surface area contributed by atoms with Crippen molar-refractivity contribution in [3.8, 4) is 0 Å². The molecule has 6 nitrogen and oxygen atoms in total. The Morgan fingerprint density at radius 2 is 1.61 bits per heavy atom. The van der Waals surface area contributed by atoms with Gasteiger partial charge in [-0.1, -0.05) is 26.7 Å². The minimum atomic E-state index is -3.71. The van der Waals surface area contributed by atoms with Crippen LogP contribution < -0.4 is 10.5 Å². The molecule has 0 atom stereocenters. The van der Waals surface area contributed by atoms with Crippen LogP contribution in [0.5, 0.6) is 0 Å². The van der Waals surface area contributed by atoms with Crippen LogP contribution in [0, 0.1) is 0 Å². The standard InChI is InChI=1S/C16H27N3O3S/c1-3-5-11-19(12-6-4-2)13-16(20)18-14-7-9-15(10-8-14)23(17,21)22/h7-10H,3-6,11-13H2,1-2H3,(H,18,20)(H2,17,21,22). The summed E-state index contributed by atoms with van der Waals surface area (Å²) in [5, 5.41) is 7.83. The van der Waals surface area contributed by atoms with Gasteiger partial charge in [-0.15, -0.1) is 0 Å². The summed E-state index contributed by atoms with van der Waals surface area (Å²) >= 11 is 0. The normalized spacial score (nSPS) is 11.7. The van der Waals surface area contributed by atoms with E-state index in [0.29, 0.717) is 12.2 Å². The summed E-state index contributed by atoms with van der Waals surface area (Å²) in [5.74, 6) is -0.0967. The Morgan fingerprint density at radius 1 is 1.09 bits per heavy atom. The van der Waals surface area contributed by atoms with Crippen LogP contribution in [0.1, 0.15) is 39.5 Å². The molecule has 0 saturated carbocycles. The van der Waals surface area contributed by atoms with Crippen LogP contribution in [0.15, 0.2) is 29.2 Å². The van der Waals surface area contributed by atoms with Gasteiger partial charge in [-0.05, 0) is 50.2 Å². The fraction of sp³-hybridized carbons (Fsp3) is 0.562. The van der Waals surface area contributed by atoms with Crippen LogP contribution >= 0.6 is 0 Å². The van der Waals surface area contributed by atoms with Crippen molar-refractivity contribution in [2.45, 2.75) is 44.4 Å².